The van der Waals surface area contributed by atoms with Gasteiger partial charge in [-0.3, -0.25) is 0 Å². The number of methoxy groups -OCH3 is 1. The van der Waals surface area contributed by atoms with E-state index in [0.29, 0.717) is 5.02 Å². The van der Waals surface area contributed by atoms with Gasteiger partial charge in [-0.15, -0.1) is 0 Å². The fourth-order valence-electron chi connectivity index (χ4n) is 4.53. The number of fused-ring (bicyclic) bond motifs is 5. The van der Waals surface area contributed by atoms with Gasteiger partial charge in [0.2, 0.25) is 0 Å². The summed E-state index contributed by atoms with van der Waals surface area (Å²) in [4.78, 5) is 0. The molecule has 0 bridgehead atoms. The van der Waals surface area contributed by atoms with Crippen LogP contribution in [0.25, 0.3) is 22.3 Å². The highest BCUT2D eigenvalue weighted by Gasteiger charge is 2.40. The topological polar surface area (TPSA) is 35.5 Å². The minimum absolute atomic E-state index is 0.258. The smallest absolute Gasteiger partial charge is 0.142 e. The molecule has 1 aliphatic rings. The van der Waals surface area contributed by atoms with Crippen LogP contribution in [-0.2, 0) is 11.8 Å². The quantitative estimate of drug-likeness (QED) is 0.371. The Kier molecular flexibility index (Phi) is 3.85. The van der Waals surface area contributed by atoms with Gasteiger partial charge in [-0.25, -0.2) is 0 Å². The second kappa shape index (κ2) is 6.18. The summed E-state index contributed by atoms with van der Waals surface area (Å²) in [6.07, 6.45) is 1.69. The number of para-hydroxylation sites is 1. The van der Waals surface area contributed by atoms with Crippen LogP contribution >= 0.6 is 11.6 Å². The van der Waals surface area contributed by atoms with Gasteiger partial charge in [0.05, 0.1) is 12.7 Å². The molecule has 0 fully saturated rings. The van der Waals surface area contributed by atoms with Crippen LogP contribution in [0.3, 0.4) is 0 Å². The van der Waals surface area contributed by atoms with Crippen molar-refractivity contribution in [3.63, 3.8) is 0 Å². The van der Waals surface area contributed by atoms with Crippen molar-refractivity contribution in [3.8, 4) is 17.1 Å². The fraction of sp³-hybridized carbons (Fsp3) is 0.250. The van der Waals surface area contributed by atoms with Crippen molar-refractivity contribution < 1.29 is 13.6 Å². The van der Waals surface area contributed by atoms with Gasteiger partial charge in [0, 0.05) is 33.4 Å². The lowest BCUT2D eigenvalue weighted by Crippen LogP contribution is -2.24. The number of hydrogen-bond acceptors (Lipinski definition) is 3. The summed E-state index contributed by atoms with van der Waals surface area (Å²) in [6.45, 7) is 4.26. The van der Waals surface area contributed by atoms with E-state index >= 15 is 0 Å². The monoisotopic (exact) mass is 392 g/mol. The molecule has 2 heterocycles. The summed E-state index contributed by atoms with van der Waals surface area (Å²) in [5, 5.41) is 1.69. The van der Waals surface area contributed by atoms with E-state index < -0.39 is 0 Å². The lowest BCUT2D eigenvalue weighted by Gasteiger charge is -2.30. The first-order valence-corrected chi connectivity index (χ1v) is 9.85. The van der Waals surface area contributed by atoms with Crippen LogP contribution in [0.2, 0.25) is 5.02 Å². The summed E-state index contributed by atoms with van der Waals surface area (Å²) in [7, 11) is 1.72. The molecule has 2 aromatic heterocycles. The summed E-state index contributed by atoms with van der Waals surface area (Å²) < 4.78 is 18.2. The Labute approximate surface area is 168 Å². The summed E-state index contributed by atoms with van der Waals surface area (Å²) in [5.74, 6) is 3.60. The minimum Gasteiger partial charge on any atom is -0.496 e. The molecule has 1 aliphatic carbocycles. The standard InChI is InChI=1S/C24H21ClO3/c1-14-12-18-23(27-14)22-16-13-15(25)8-9-19(16)28-21(22)10-11-24(18,2)17-6-4-5-7-20(17)26-3/h4-9,12-13H,10-11H2,1-3H3/t24-/m1/s1. The highest BCUT2D eigenvalue weighted by molar-refractivity contribution is 6.31. The summed E-state index contributed by atoms with van der Waals surface area (Å²) in [6, 6.07) is 16.1. The van der Waals surface area contributed by atoms with Gasteiger partial charge >= 0.3 is 0 Å². The maximum Gasteiger partial charge on any atom is 0.142 e. The van der Waals surface area contributed by atoms with Crippen molar-refractivity contribution >= 4 is 22.6 Å². The highest BCUT2D eigenvalue weighted by atomic mass is 35.5. The second-order valence-electron chi connectivity index (χ2n) is 7.67. The van der Waals surface area contributed by atoms with Crippen molar-refractivity contribution in [1.82, 2.24) is 0 Å². The van der Waals surface area contributed by atoms with Gasteiger partial charge in [-0.1, -0.05) is 36.7 Å². The molecule has 28 heavy (non-hydrogen) atoms. The van der Waals surface area contributed by atoms with Crippen LogP contribution in [0.4, 0.5) is 0 Å². The Morgan fingerprint density at radius 2 is 1.86 bits per heavy atom. The molecule has 0 N–H and O–H groups in total. The third-order valence-electron chi connectivity index (χ3n) is 5.95. The molecule has 0 amide bonds. The summed E-state index contributed by atoms with van der Waals surface area (Å²) >= 11 is 6.29. The van der Waals surface area contributed by atoms with E-state index in [1.54, 1.807) is 7.11 Å². The van der Waals surface area contributed by atoms with Crippen molar-refractivity contribution in [3.05, 3.63) is 76.2 Å². The molecule has 0 saturated heterocycles. The van der Waals surface area contributed by atoms with Crippen LogP contribution in [0, 0.1) is 6.92 Å². The average molecular weight is 393 g/mol. The number of aryl methyl sites for hydroxylation is 2. The lowest BCUT2D eigenvalue weighted by molar-refractivity contribution is 0.390. The highest BCUT2D eigenvalue weighted by Crippen LogP contribution is 2.51. The number of benzene rings is 2. The van der Waals surface area contributed by atoms with Crippen LogP contribution in [0.1, 0.15) is 36.0 Å². The Hall–Kier alpha value is -2.65. The molecule has 5 rings (SSSR count). The molecule has 2 aromatic carbocycles. The van der Waals surface area contributed by atoms with Gasteiger partial charge in [0.15, 0.2) is 0 Å². The van der Waals surface area contributed by atoms with E-state index in [1.165, 1.54) is 0 Å². The van der Waals surface area contributed by atoms with Crippen LogP contribution < -0.4 is 4.74 Å². The second-order valence-corrected chi connectivity index (χ2v) is 8.11. The van der Waals surface area contributed by atoms with Gasteiger partial charge in [0.1, 0.15) is 28.6 Å². The molecule has 0 aliphatic heterocycles. The third-order valence-corrected chi connectivity index (χ3v) is 6.19. The van der Waals surface area contributed by atoms with E-state index in [9.17, 15) is 0 Å². The number of halogens is 1. The number of hydrogen-bond donors (Lipinski definition) is 0. The predicted octanol–water partition coefficient (Wildman–Crippen LogP) is 6.92. The Morgan fingerprint density at radius 1 is 1.04 bits per heavy atom. The average Bonchev–Trinajstić information content (AvgIpc) is 3.23. The molecular weight excluding hydrogens is 372 g/mol. The van der Waals surface area contributed by atoms with Crippen LogP contribution in [-0.4, -0.2) is 7.11 Å². The van der Waals surface area contributed by atoms with E-state index in [0.717, 1.165) is 63.5 Å². The van der Waals surface area contributed by atoms with Crippen molar-refractivity contribution in [2.75, 3.05) is 7.11 Å². The summed E-state index contributed by atoms with van der Waals surface area (Å²) in [5.41, 5.74) is 3.93. The Bertz CT molecular complexity index is 1200. The first kappa shape index (κ1) is 17.4. The maximum absolute atomic E-state index is 6.29. The number of rotatable bonds is 2. The number of furan rings is 2. The predicted molar refractivity (Wildman–Crippen MR) is 111 cm³/mol. The third kappa shape index (κ3) is 2.43. The molecule has 0 saturated carbocycles. The van der Waals surface area contributed by atoms with E-state index in [4.69, 9.17) is 25.2 Å². The first-order valence-electron chi connectivity index (χ1n) is 9.47. The number of ether oxygens (including phenoxy) is 1. The Balaban J connectivity index is 1.82. The molecular formula is C24H21ClO3. The normalized spacial score (nSPS) is 18.6. The molecule has 0 spiro atoms. The molecule has 0 unspecified atom stereocenters. The Morgan fingerprint density at radius 3 is 2.68 bits per heavy atom. The van der Waals surface area contributed by atoms with E-state index in [2.05, 4.69) is 25.1 Å². The van der Waals surface area contributed by atoms with E-state index in [1.807, 2.05) is 37.3 Å². The zero-order chi connectivity index (χ0) is 19.5. The van der Waals surface area contributed by atoms with Crippen LogP contribution in [0.15, 0.2) is 57.4 Å². The van der Waals surface area contributed by atoms with Crippen molar-refractivity contribution in [2.45, 2.75) is 32.1 Å². The molecule has 1 atom stereocenters. The van der Waals surface area contributed by atoms with Gasteiger partial charge < -0.3 is 13.6 Å². The van der Waals surface area contributed by atoms with Crippen LogP contribution in [0.5, 0.6) is 5.75 Å². The largest absolute Gasteiger partial charge is 0.496 e. The maximum atomic E-state index is 6.29. The molecule has 0 radical (unpaired) electrons. The van der Waals surface area contributed by atoms with Crippen molar-refractivity contribution in [2.24, 2.45) is 0 Å². The molecule has 142 valence electrons. The first-order chi connectivity index (χ1) is 13.5. The van der Waals surface area contributed by atoms with Gasteiger partial charge in [0.25, 0.3) is 0 Å². The zero-order valence-corrected chi connectivity index (χ0v) is 16.9. The van der Waals surface area contributed by atoms with Gasteiger partial charge in [-0.05, 0) is 43.7 Å². The molecule has 4 heteroatoms. The minimum atomic E-state index is -0.258. The van der Waals surface area contributed by atoms with Gasteiger partial charge in [-0.2, -0.15) is 0 Å². The molecule has 3 nitrogen and oxygen atoms in total. The zero-order valence-electron chi connectivity index (χ0n) is 16.1. The molecule has 4 aromatic rings. The lowest BCUT2D eigenvalue weighted by atomic mass is 9.73. The SMILES string of the molecule is COc1ccccc1[C@@]1(C)CCc2oc3ccc(Cl)cc3c2-c2oc(C)cc21. The van der Waals surface area contributed by atoms with Crippen molar-refractivity contribution in [1.29, 1.82) is 0 Å². The fourth-order valence-corrected chi connectivity index (χ4v) is 4.71. The van der Waals surface area contributed by atoms with E-state index in [-0.39, 0.29) is 5.41 Å².